The van der Waals surface area contributed by atoms with E-state index < -0.39 is 0 Å². The maximum absolute atomic E-state index is 13.5. The van der Waals surface area contributed by atoms with E-state index >= 15 is 0 Å². The molecule has 0 unspecified atom stereocenters. The Balaban J connectivity index is 1.44. The Bertz CT molecular complexity index is 1680. The number of anilines is 1. The largest absolute Gasteiger partial charge is 0.341 e. The molecule has 6 rings (SSSR count). The smallest absolute Gasteiger partial charge is 0.256 e. The van der Waals surface area contributed by atoms with Gasteiger partial charge < -0.3 is 9.88 Å². The highest BCUT2D eigenvalue weighted by molar-refractivity contribution is 6.15. The number of carbonyl (C=O) groups excluding carboxylic acids is 1. The highest BCUT2D eigenvalue weighted by Gasteiger charge is 2.16. The molecule has 4 nitrogen and oxygen atoms in total. The van der Waals surface area contributed by atoms with Crippen molar-refractivity contribution in [3.05, 3.63) is 109 Å². The topological polar surface area (TPSA) is 46.9 Å². The van der Waals surface area contributed by atoms with Crippen LogP contribution in [-0.2, 0) is 6.54 Å². The van der Waals surface area contributed by atoms with Gasteiger partial charge >= 0.3 is 0 Å². The normalized spacial score (nSPS) is 11.3. The van der Waals surface area contributed by atoms with Gasteiger partial charge in [-0.25, -0.2) is 4.98 Å². The third-order valence-electron chi connectivity index (χ3n) is 6.38. The summed E-state index contributed by atoms with van der Waals surface area (Å²) in [6, 6.07) is 34.2. The van der Waals surface area contributed by atoms with Gasteiger partial charge in [0, 0.05) is 45.0 Å². The number of fused-ring (bicyclic) bond motifs is 4. The number of carbonyl (C=O) groups is 1. The van der Waals surface area contributed by atoms with Crippen LogP contribution < -0.4 is 5.32 Å². The monoisotopic (exact) mass is 441 g/mol. The average Bonchev–Trinajstić information content (AvgIpc) is 3.21. The van der Waals surface area contributed by atoms with E-state index in [9.17, 15) is 4.79 Å². The van der Waals surface area contributed by atoms with E-state index in [1.165, 1.54) is 16.4 Å². The van der Waals surface area contributed by atoms with Crippen LogP contribution in [0.4, 0.5) is 5.69 Å². The summed E-state index contributed by atoms with van der Waals surface area (Å²) in [4.78, 5) is 18.3. The van der Waals surface area contributed by atoms with Crippen LogP contribution in [0.15, 0.2) is 103 Å². The van der Waals surface area contributed by atoms with Crippen LogP contribution in [0.5, 0.6) is 0 Å². The lowest BCUT2D eigenvalue weighted by Crippen LogP contribution is -2.13. The van der Waals surface area contributed by atoms with E-state index in [2.05, 4.69) is 53.2 Å². The third kappa shape index (κ3) is 3.32. The number of nitrogens with one attached hydrogen (secondary N) is 1. The van der Waals surface area contributed by atoms with E-state index in [4.69, 9.17) is 4.98 Å². The zero-order valence-corrected chi connectivity index (χ0v) is 18.8. The number of aromatic nitrogens is 2. The van der Waals surface area contributed by atoms with E-state index in [-0.39, 0.29) is 5.91 Å². The zero-order valence-electron chi connectivity index (χ0n) is 18.8. The third-order valence-corrected chi connectivity index (χ3v) is 6.38. The molecule has 0 spiro atoms. The van der Waals surface area contributed by atoms with E-state index in [0.29, 0.717) is 5.56 Å². The van der Waals surface area contributed by atoms with Crippen molar-refractivity contribution in [1.82, 2.24) is 9.55 Å². The van der Waals surface area contributed by atoms with Gasteiger partial charge in [-0.05, 0) is 43.3 Å². The van der Waals surface area contributed by atoms with Gasteiger partial charge in [-0.2, -0.15) is 0 Å². The molecule has 0 bridgehead atoms. The molecule has 4 aromatic carbocycles. The molecule has 34 heavy (non-hydrogen) atoms. The van der Waals surface area contributed by atoms with E-state index in [0.717, 1.165) is 39.8 Å². The molecule has 0 aliphatic heterocycles. The Morgan fingerprint density at radius 2 is 1.47 bits per heavy atom. The summed E-state index contributed by atoms with van der Waals surface area (Å²) in [5, 5.41) is 6.30. The molecular weight excluding hydrogens is 418 g/mol. The van der Waals surface area contributed by atoms with Crippen LogP contribution in [0, 0.1) is 0 Å². The second-order valence-electron chi connectivity index (χ2n) is 8.39. The zero-order chi connectivity index (χ0) is 23.1. The van der Waals surface area contributed by atoms with Gasteiger partial charge in [0.2, 0.25) is 0 Å². The summed E-state index contributed by atoms with van der Waals surface area (Å²) in [7, 11) is 0. The Morgan fingerprint density at radius 3 is 2.29 bits per heavy atom. The standard InChI is InChI=1S/C30H23N3O/c1-2-33-28-15-9-7-13-23(28)24-18-21(16-17-29(24)33)31-30(34)25-19-27(20-10-4-3-5-11-20)32-26-14-8-6-12-22(25)26/h3-19H,2H2,1H3,(H,31,34). The molecule has 0 saturated carbocycles. The molecule has 0 aliphatic carbocycles. The molecule has 164 valence electrons. The Hall–Kier alpha value is -4.44. The van der Waals surface area contributed by atoms with E-state index in [1.54, 1.807) is 0 Å². The van der Waals surface area contributed by atoms with Crippen molar-refractivity contribution < 1.29 is 4.79 Å². The molecule has 0 saturated heterocycles. The number of hydrogen-bond acceptors (Lipinski definition) is 2. The first-order valence-corrected chi connectivity index (χ1v) is 11.5. The fourth-order valence-electron chi connectivity index (χ4n) is 4.79. The van der Waals surface area contributed by atoms with Crippen molar-refractivity contribution in [3.63, 3.8) is 0 Å². The van der Waals surface area contributed by atoms with Gasteiger partial charge in [-0.3, -0.25) is 4.79 Å². The maximum atomic E-state index is 13.5. The number of amides is 1. The van der Waals surface area contributed by atoms with Crippen molar-refractivity contribution in [2.75, 3.05) is 5.32 Å². The summed E-state index contributed by atoms with van der Waals surface area (Å²) >= 11 is 0. The lowest BCUT2D eigenvalue weighted by Gasteiger charge is -2.11. The summed E-state index contributed by atoms with van der Waals surface area (Å²) in [6.45, 7) is 3.04. The minimum absolute atomic E-state index is 0.144. The van der Waals surface area contributed by atoms with Crippen molar-refractivity contribution in [3.8, 4) is 11.3 Å². The van der Waals surface area contributed by atoms with Crippen LogP contribution >= 0.6 is 0 Å². The van der Waals surface area contributed by atoms with Crippen LogP contribution in [0.1, 0.15) is 17.3 Å². The number of para-hydroxylation sites is 2. The number of rotatable bonds is 4. The number of hydrogen-bond donors (Lipinski definition) is 1. The van der Waals surface area contributed by atoms with Crippen molar-refractivity contribution in [2.45, 2.75) is 13.5 Å². The Morgan fingerprint density at radius 1 is 0.765 bits per heavy atom. The van der Waals surface area contributed by atoms with Crippen molar-refractivity contribution in [1.29, 1.82) is 0 Å². The molecule has 2 aromatic heterocycles. The molecule has 1 N–H and O–H groups in total. The molecule has 0 fully saturated rings. The number of pyridine rings is 1. The first-order chi connectivity index (χ1) is 16.7. The van der Waals surface area contributed by atoms with Gasteiger partial charge in [0.1, 0.15) is 0 Å². The quantitative estimate of drug-likeness (QED) is 0.312. The van der Waals surface area contributed by atoms with Crippen LogP contribution in [-0.4, -0.2) is 15.5 Å². The molecule has 0 atom stereocenters. The van der Waals surface area contributed by atoms with Crippen LogP contribution in [0.3, 0.4) is 0 Å². The summed E-state index contributed by atoms with van der Waals surface area (Å²) in [5.41, 5.74) is 6.33. The molecule has 6 aromatic rings. The fraction of sp³-hybridized carbons (Fsp3) is 0.0667. The number of aryl methyl sites for hydroxylation is 1. The molecular formula is C30H23N3O. The predicted octanol–water partition coefficient (Wildman–Crippen LogP) is 7.28. The highest BCUT2D eigenvalue weighted by atomic mass is 16.1. The fourth-order valence-corrected chi connectivity index (χ4v) is 4.79. The lowest BCUT2D eigenvalue weighted by atomic mass is 10.0. The number of benzene rings is 4. The van der Waals surface area contributed by atoms with Crippen LogP contribution in [0.25, 0.3) is 44.0 Å². The first kappa shape index (κ1) is 20.2. The summed E-state index contributed by atoms with van der Waals surface area (Å²) in [6.07, 6.45) is 0. The van der Waals surface area contributed by atoms with Gasteiger partial charge in [0.15, 0.2) is 0 Å². The predicted molar refractivity (Wildman–Crippen MR) is 140 cm³/mol. The molecule has 0 radical (unpaired) electrons. The highest BCUT2D eigenvalue weighted by Crippen LogP contribution is 2.32. The Labute approximate surface area is 197 Å². The van der Waals surface area contributed by atoms with Gasteiger partial charge in [0.05, 0.1) is 16.8 Å². The van der Waals surface area contributed by atoms with Gasteiger partial charge in [0.25, 0.3) is 5.91 Å². The van der Waals surface area contributed by atoms with Crippen LogP contribution in [0.2, 0.25) is 0 Å². The molecule has 2 heterocycles. The first-order valence-electron chi connectivity index (χ1n) is 11.5. The molecule has 0 aliphatic rings. The summed E-state index contributed by atoms with van der Waals surface area (Å²) < 4.78 is 2.30. The number of nitrogens with zero attached hydrogens (tertiary/aromatic N) is 2. The second kappa shape index (κ2) is 8.16. The van der Waals surface area contributed by atoms with Gasteiger partial charge in [-0.15, -0.1) is 0 Å². The van der Waals surface area contributed by atoms with Crippen molar-refractivity contribution in [2.24, 2.45) is 0 Å². The minimum Gasteiger partial charge on any atom is -0.341 e. The van der Waals surface area contributed by atoms with Crippen molar-refractivity contribution >= 4 is 44.3 Å². The molecule has 4 heteroatoms. The molecule has 1 amide bonds. The average molecular weight is 442 g/mol. The van der Waals surface area contributed by atoms with E-state index in [1.807, 2.05) is 66.7 Å². The second-order valence-corrected chi connectivity index (χ2v) is 8.39. The maximum Gasteiger partial charge on any atom is 0.256 e. The Kier molecular flexibility index (Phi) is 4.84. The minimum atomic E-state index is -0.144. The SMILES string of the molecule is CCn1c2ccccc2c2cc(NC(=O)c3cc(-c4ccccc4)nc4ccccc34)ccc21. The lowest BCUT2D eigenvalue weighted by molar-refractivity contribution is 0.102. The van der Waals surface area contributed by atoms with Gasteiger partial charge in [-0.1, -0.05) is 66.7 Å². The summed E-state index contributed by atoms with van der Waals surface area (Å²) in [5.74, 6) is -0.144.